The van der Waals surface area contributed by atoms with Gasteiger partial charge < -0.3 is 5.11 Å². The van der Waals surface area contributed by atoms with Gasteiger partial charge in [-0.2, -0.15) is 0 Å². The van der Waals surface area contributed by atoms with Crippen LogP contribution in [0.15, 0.2) is 24.3 Å². The lowest BCUT2D eigenvalue weighted by Gasteiger charge is -2.44. The highest BCUT2D eigenvalue weighted by atomic mass is 16.4. The molecule has 18 heavy (non-hydrogen) atoms. The zero-order valence-electron chi connectivity index (χ0n) is 10.2. The van der Waals surface area contributed by atoms with Gasteiger partial charge in [-0.25, -0.2) is 0 Å². The van der Waals surface area contributed by atoms with E-state index in [9.17, 15) is 14.7 Å². The molecule has 1 fully saturated rings. The number of hydrogen-bond donors (Lipinski definition) is 1. The minimum atomic E-state index is -0.817. The molecule has 3 rings (SSSR count). The Morgan fingerprint density at radius 2 is 2.06 bits per heavy atom. The van der Waals surface area contributed by atoms with Crippen molar-refractivity contribution < 1.29 is 14.7 Å². The van der Waals surface area contributed by atoms with Crippen LogP contribution >= 0.6 is 0 Å². The summed E-state index contributed by atoms with van der Waals surface area (Å²) in [6.45, 7) is 0. The topological polar surface area (TPSA) is 54.4 Å². The maximum Gasteiger partial charge on any atom is 0.314 e. The molecule has 2 aliphatic carbocycles. The Balaban J connectivity index is 2.24. The van der Waals surface area contributed by atoms with Gasteiger partial charge in [-0.3, -0.25) is 9.59 Å². The molecule has 1 saturated carbocycles. The van der Waals surface area contributed by atoms with Gasteiger partial charge in [0.1, 0.15) is 0 Å². The standard InChI is InChI=1S/C15H16O3/c16-13-9-10-5-3-4-8-15(10,14(17)18)12-7-2-1-6-11(12)13/h1-2,6-7,10H,3-5,8-9H2,(H,17,18)/t10-,15+/m1/s1. The zero-order valence-corrected chi connectivity index (χ0v) is 10.2. The van der Waals surface area contributed by atoms with Gasteiger partial charge in [-0.15, -0.1) is 0 Å². The van der Waals surface area contributed by atoms with Crippen molar-refractivity contribution in [1.82, 2.24) is 0 Å². The van der Waals surface area contributed by atoms with Crippen LogP contribution in [0, 0.1) is 5.92 Å². The van der Waals surface area contributed by atoms with Crippen LogP contribution in [0.3, 0.4) is 0 Å². The fourth-order valence-electron chi connectivity index (χ4n) is 3.72. The molecule has 2 atom stereocenters. The molecule has 0 unspecified atom stereocenters. The number of carbonyl (C=O) groups excluding carboxylic acids is 1. The summed E-state index contributed by atoms with van der Waals surface area (Å²) >= 11 is 0. The van der Waals surface area contributed by atoms with Crippen LogP contribution in [0.5, 0.6) is 0 Å². The van der Waals surface area contributed by atoms with Crippen molar-refractivity contribution in [2.24, 2.45) is 5.92 Å². The second kappa shape index (κ2) is 3.94. The number of benzene rings is 1. The Morgan fingerprint density at radius 1 is 1.28 bits per heavy atom. The summed E-state index contributed by atoms with van der Waals surface area (Å²) in [6, 6.07) is 7.26. The van der Waals surface area contributed by atoms with Crippen molar-refractivity contribution in [3.8, 4) is 0 Å². The van der Waals surface area contributed by atoms with E-state index in [1.54, 1.807) is 6.07 Å². The van der Waals surface area contributed by atoms with Gasteiger partial charge in [0.2, 0.25) is 0 Å². The molecule has 0 bridgehead atoms. The molecule has 1 N–H and O–H groups in total. The highest BCUT2D eigenvalue weighted by molar-refractivity contribution is 6.02. The van der Waals surface area contributed by atoms with Crippen molar-refractivity contribution in [3.63, 3.8) is 0 Å². The van der Waals surface area contributed by atoms with Crippen molar-refractivity contribution in [2.75, 3.05) is 0 Å². The van der Waals surface area contributed by atoms with E-state index in [0.717, 1.165) is 24.8 Å². The first-order valence-electron chi connectivity index (χ1n) is 6.52. The lowest BCUT2D eigenvalue weighted by atomic mass is 9.57. The number of carbonyl (C=O) groups is 2. The minimum Gasteiger partial charge on any atom is -0.481 e. The molecule has 0 aliphatic heterocycles. The number of aliphatic carboxylic acids is 1. The molecule has 0 radical (unpaired) electrons. The molecule has 0 aromatic heterocycles. The fourth-order valence-corrected chi connectivity index (χ4v) is 3.72. The monoisotopic (exact) mass is 244 g/mol. The Bertz CT molecular complexity index is 520. The lowest BCUT2D eigenvalue weighted by Crippen LogP contribution is -2.49. The van der Waals surface area contributed by atoms with E-state index in [0.29, 0.717) is 18.4 Å². The molecular weight excluding hydrogens is 228 g/mol. The first kappa shape index (κ1) is 11.5. The number of fused-ring (bicyclic) bond motifs is 3. The summed E-state index contributed by atoms with van der Waals surface area (Å²) in [5.74, 6) is -0.673. The lowest BCUT2D eigenvalue weighted by molar-refractivity contribution is -0.148. The smallest absolute Gasteiger partial charge is 0.314 e. The SMILES string of the molecule is O=C1C[C@H]2CCCC[C@@]2(C(=O)O)c2ccccc21. The normalized spacial score (nSPS) is 30.4. The largest absolute Gasteiger partial charge is 0.481 e. The number of rotatable bonds is 1. The zero-order chi connectivity index (χ0) is 12.8. The summed E-state index contributed by atoms with van der Waals surface area (Å²) in [7, 11) is 0. The molecule has 0 heterocycles. The predicted molar refractivity (Wildman–Crippen MR) is 66.7 cm³/mol. The molecule has 0 spiro atoms. The van der Waals surface area contributed by atoms with E-state index < -0.39 is 11.4 Å². The maximum absolute atomic E-state index is 12.1. The van der Waals surface area contributed by atoms with Crippen LogP contribution in [0.2, 0.25) is 0 Å². The van der Waals surface area contributed by atoms with Crippen LogP contribution in [0.25, 0.3) is 0 Å². The quantitative estimate of drug-likeness (QED) is 0.826. The summed E-state index contributed by atoms with van der Waals surface area (Å²) in [6.07, 6.45) is 3.88. The van der Waals surface area contributed by atoms with Gasteiger partial charge in [0.25, 0.3) is 0 Å². The van der Waals surface area contributed by atoms with Gasteiger partial charge in [-0.1, -0.05) is 37.1 Å². The van der Waals surface area contributed by atoms with Crippen LogP contribution < -0.4 is 0 Å². The first-order chi connectivity index (χ1) is 8.66. The Kier molecular flexibility index (Phi) is 2.51. The molecule has 0 amide bonds. The Labute approximate surface area is 106 Å². The molecule has 3 heteroatoms. The predicted octanol–water partition coefficient (Wildman–Crippen LogP) is 2.79. The van der Waals surface area contributed by atoms with Gasteiger partial charge in [0, 0.05) is 12.0 Å². The van der Waals surface area contributed by atoms with Crippen molar-refractivity contribution in [2.45, 2.75) is 37.5 Å². The van der Waals surface area contributed by atoms with Gasteiger partial charge in [0.05, 0.1) is 5.41 Å². The summed E-state index contributed by atoms with van der Waals surface area (Å²) in [4.78, 5) is 24.0. The van der Waals surface area contributed by atoms with E-state index in [-0.39, 0.29) is 11.7 Å². The highest BCUT2D eigenvalue weighted by Crippen LogP contribution is 2.50. The second-order valence-corrected chi connectivity index (χ2v) is 5.39. The Hall–Kier alpha value is -1.64. The van der Waals surface area contributed by atoms with Crippen molar-refractivity contribution in [3.05, 3.63) is 35.4 Å². The number of Topliss-reactive ketones (excluding diaryl/α,β-unsaturated/α-hetero) is 1. The van der Waals surface area contributed by atoms with E-state index in [2.05, 4.69) is 0 Å². The average Bonchev–Trinajstić information content (AvgIpc) is 2.39. The first-order valence-corrected chi connectivity index (χ1v) is 6.52. The third kappa shape index (κ3) is 1.36. The molecule has 0 saturated heterocycles. The highest BCUT2D eigenvalue weighted by Gasteiger charge is 2.53. The second-order valence-electron chi connectivity index (χ2n) is 5.39. The molecule has 3 nitrogen and oxygen atoms in total. The number of carboxylic acids is 1. The van der Waals surface area contributed by atoms with Crippen molar-refractivity contribution >= 4 is 11.8 Å². The molecule has 2 aliphatic rings. The van der Waals surface area contributed by atoms with E-state index in [1.807, 2.05) is 18.2 Å². The third-order valence-electron chi connectivity index (χ3n) is 4.59. The van der Waals surface area contributed by atoms with Gasteiger partial charge in [0.15, 0.2) is 5.78 Å². The molecular formula is C15H16O3. The fraction of sp³-hybridized carbons (Fsp3) is 0.467. The van der Waals surface area contributed by atoms with E-state index in [4.69, 9.17) is 0 Å². The minimum absolute atomic E-state index is 0.0221. The van der Waals surface area contributed by atoms with Crippen LogP contribution in [0.4, 0.5) is 0 Å². The molecule has 1 aromatic carbocycles. The third-order valence-corrected chi connectivity index (χ3v) is 4.59. The van der Waals surface area contributed by atoms with E-state index in [1.165, 1.54) is 0 Å². The summed E-state index contributed by atoms with van der Waals surface area (Å²) in [5, 5.41) is 9.75. The average molecular weight is 244 g/mol. The summed E-state index contributed by atoms with van der Waals surface area (Å²) < 4.78 is 0. The van der Waals surface area contributed by atoms with Crippen LogP contribution in [0.1, 0.15) is 48.0 Å². The number of carboxylic acid groups (broad SMARTS) is 1. The van der Waals surface area contributed by atoms with Gasteiger partial charge >= 0.3 is 5.97 Å². The summed E-state index contributed by atoms with van der Waals surface area (Å²) in [5.41, 5.74) is 0.555. The molecule has 1 aromatic rings. The van der Waals surface area contributed by atoms with Crippen LogP contribution in [-0.2, 0) is 10.2 Å². The van der Waals surface area contributed by atoms with Gasteiger partial charge in [-0.05, 0) is 24.3 Å². The van der Waals surface area contributed by atoms with Crippen LogP contribution in [-0.4, -0.2) is 16.9 Å². The Morgan fingerprint density at radius 3 is 2.83 bits per heavy atom. The molecule has 94 valence electrons. The van der Waals surface area contributed by atoms with Crippen molar-refractivity contribution in [1.29, 1.82) is 0 Å². The number of hydrogen-bond acceptors (Lipinski definition) is 2. The van der Waals surface area contributed by atoms with E-state index >= 15 is 0 Å². The maximum atomic E-state index is 12.1. The number of ketones is 1.